The molecular formula is C21H16O3S. The van der Waals surface area contributed by atoms with E-state index in [4.69, 9.17) is 0 Å². The van der Waals surface area contributed by atoms with E-state index in [1.165, 1.54) is 18.2 Å². The number of allylic oxidation sites excluding steroid dienone is 1. The molecule has 0 fully saturated rings. The number of benzene rings is 3. The van der Waals surface area contributed by atoms with E-state index in [2.05, 4.69) is 0 Å². The number of carbonyl (C=O) groups excluding carboxylic acids is 1. The third-order valence-corrected chi connectivity index (χ3v) is 5.55. The normalized spacial score (nSPS) is 11.9. The first-order valence-electron chi connectivity index (χ1n) is 7.76. The molecule has 0 spiro atoms. The molecule has 0 radical (unpaired) electrons. The summed E-state index contributed by atoms with van der Waals surface area (Å²) in [6, 6.07) is 25.4. The van der Waals surface area contributed by atoms with E-state index >= 15 is 0 Å². The number of sulfone groups is 1. The molecule has 0 aliphatic rings. The maximum absolute atomic E-state index is 13.1. The van der Waals surface area contributed by atoms with Gasteiger partial charge < -0.3 is 0 Å². The zero-order valence-electron chi connectivity index (χ0n) is 13.4. The van der Waals surface area contributed by atoms with Crippen LogP contribution in [0.15, 0.2) is 102 Å². The summed E-state index contributed by atoms with van der Waals surface area (Å²) in [7, 11) is -3.82. The van der Waals surface area contributed by atoms with Gasteiger partial charge in [0, 0.05) is 11.6 Å². The van der Waals surface area contributed by atoms with Gasteiger partial charge in [-0.1, -0.05) is 78.9 Å². The molecule has 3 rings (SSSR count). The summed E-state index contributed by atoms with van der Waals surface area (Å²) in [4.78, 5) is 12.7. The van der Waals surface area contributed by atoms with Crippen molar-refractivity contribution in [1.82, 2.24) is 0 Å². The number of ketones is 1. The first-order valence-corrected chi connectivity index (χ1v) is 9.24. The Hall–Kier alpha value is -2.98. The molecule has 0 unspecified atom stereocenters. The van der Waals surface area contributed by atoms with E-state index < -0.39 is 9.84 Å². The van der Waals surface area contributed by atoms with Crippen molar-refractivity contribution in [3.05, 3.63) is 108 Å². The van der Waals surface area contributed by atoms with Crippen LogP contribution in [0.4, 0.5) is 0 Å². The fourth-order valence-corrected chi connectivity index (χ4v) is 3.93. The van der Waals surface area contributed by atoms with Crippen LogP contribution in [0.2, 0.25) is 0 Å². The minimum absolute atomic E-state index is 0.00634. The first-order chi connectivity index (χ1) is 12.1. The molecule has 0 saturated heterocycles. The Morgan fingerprint density at radius 1 is 0.640 bits per heavy atom. The van der Waals surface area contributed by atoms with Gasteiger partial charge in [-0.05, 0) is 17.7 Å². The van der Waals surface area contributed by atoms with E-state index in [-0.39, 0.29) is 15.6 Å². The van der Waals surface area contributed by atoms with Crippen LogP contribution in [-0.2, 0) is 9.84 Å². The average Bonchev–Trinajstić information content (AvgIpc) is 2.68. The highest BCUT2D eigenvalue weighted by Gasteiger charge is 2.23. The summed E-state index contributed by atoms with van der Waals surface area (Å²) in [6.45, 7) is 0. The summed E-state index contributed by atoms with van der Waals surface area (Å²) >= 11 is 0. The van der Waals surface area contributed by atoms with Crippen molar-refractivity contribution >= 4 is 20.5 Å². The first kappa shape index (κ1) is 16.9. The van der Waals surface area contributed by atoms with E-state index in [1.54, 1.807) is 78.9 Å². The Balaban J connectivity index is 2.15. The van der Waals surface area contributed by atoms with Gasteiger partial charge in [0.15, 0.2) is 5.78 Å². The lowest BCUT2D eigenvalue weighted by Crippen LogP contribution is -2.07. The minimum atomic E-state index is -3.82. The van der Waals surface area contributed by atoms with Crippen molar-refractivity contribution in [1.29, 1.82) is 0 Å². The lowest BCUT2D eigenvalue weighted by Gasteiger charge is -2.10. The molecular weight excluding hydrogens is 332 g/mol. The van der Waals surface area contributed by atoms with Crippen LogP contribution in [0.1, 0.15) is 15.9 Å². The Morgan fingerprint density at radius 3 is 1.60 bits per heavy atom. The third-order valence-electron chi connectivity index (χ3n) is 3.72. The fourth-order valence-electron chi connectivity index (χ4n) is 2.45. The number of hydrogen-bond donors (Lipinski definition) is 0. The van der Waals surface area contributed by atoms with Crippen LogP contribution in [0.25, 0.3) is 4.91 Å². The second kappa shape index (κ2) is 7.28. The molecule has 0 heterocycles. The average molecular weight is 348 g/mol. The molecule has 4 heteroatoms. The highest BCUT2D eigenvalue weighted by molar-refractivity contribution is 8.00. The second-order valence-electron chi connectivity index (χ2n) is 5.42. The Labute approximate surface area is 147 Å². The Bertz CT molecular complexity index is 991. The molecule has 124 valence electrons. The lowest BCUT2D eigenvalue weighted by molar-refractivity contribution is 0.104. The van der Waals surface area contributed by atoms with Crippen LogP contribution >= 0.6 is 0 Å². The van der Waals surface area contributed by atoms with E-state index in [9.17, 15) is 13.2 Å². The van der Waals surface area contributed by atoms with Gasteiger partial charge in [0.2, 0.25) is 9.84 Å². The summed E-state index contributed by atoms with van der Waals surface area (Å²) < 4.78 is 26.2. The fraction of sp³-hybridized carbons (Fsp3) is 0. The lowest BCUT2D eigenvalue weighted by atomic mass is 10.1. The minimum Gasteiger partial charge on any atom is -0.289 e. The Kier molecular flexibility index (Phi) is 4.91. The number of carbonyl (C=O) groups is 1. The SMILES string of the molecule is O=C(C=C(c1ccccc1)S(=O)(=O)c1ccccc1)c1ccccc1. The van der Waals surface area contributed by atoms with Crippen molar-refractivity contribution in [2.75, 3.05) is 0 Å². The summed E-state index contributed by atoms with van der Waals surface area (Å²) in [5.74, 6) is -0.348. The standard InChI is InChI=1S/C21H16O3S/c22-20(17-10-4-1-5-11-17)16-21(18-12-6-2-7-13-18)25(23,24)19-14-8-3-9-15-19/h1-16H. The predicted molar refractivity (Wildman–Crippen MR) is 98.8 cm³/mol. The maximum atomic E-state index is 13.1. The summed E-state index contributed by atoms with van der Waals surface area (Å²) in [5.41, 5.74) is 0.926. The highest BCUT2D eigenvalue weighted by Crippen LogP contribution is 2.28. The zero-order chi connectivity index (χ0) is 17.7. The summed E-state index contributed by atoms with van der Waals surface area (Å²) in [5, 5.41) is 0. The molecule has 0 amide bonds. The van der Waals surface area contributed by atoms with E-state index in [1.807, 2.05) is 0 Å². The van der Waals surface area contributed by atoms with Gasteiger partial charge in [0.25, 0.3) is 0 Å². The molecule has 0 aliphatic carbocycles. The van der Waals surface area contributed by atoms with Crippen molar-refractivity contribution in [3.63, 3.8) is 0 Å². The highest BCUT2D eigenvalue weighted by atomic mass is 32.2. The Morgan fingerprint density at radius 2 is 1.08 bits per heavy atom. The molecule has 0 saturated carbocycles. The van der Waals surface area contributed by atoms with Gasteiger partial charge in [0.1, 0.15) is 0 Å². The van der Waals surface area contributed by atoms with Crippen LogP contribution < -0.4 is 0 Å². The maximum Gasteiger partial charge on any atom is 0.207 e. The molecule has 3 aromatic carbocycles. The zero-order valence-corrected chi connectivity index (χ0v) is 14.2. The largest absolute Gasteiger partial charge is 0.289 e. The van der Waals surface area contributed by atoms with E-state index in [0.29, 0.717) is 11.1 Å². The van der Waals surface area contributed by atoms with E-state index in [0.717, 1.165) is 0 Å². The van der Waals surface area contributed by atoms with Crippen molar-refractivity contribution in [2.45, 2.75) is 4.90 Å². The van der Waals surface area contributed by atoms with Crippen molar-refractivity contribution in [2.24, 2.45) is 0 Å². The summed E-state index contributed by atoms with van der Waals surface area (Å²) in [6.07, 6.45) is 1.20. The van der Waals surface area contributed by atoms with Crippen LogP contribution in [-0.4, -0.2) is 14.2 Å². The van der Waals surface area contributed by atoms with Gasteiger partial charge in [-0.25, -0.2) is 8.42 Å². The molecule has 0 atom stereocenters. The van der Waals surface area contributed by atoms with Gasteiger partial charge in [-0.3, -0.25) is 4.79 Å². The monoisotopic (exact) mass is 348 g/mol. The molecule has 25 heavy (non-hydrogen) atoms. The molecule has 0 aliphatic heterocycles. The van der Waals surface area contributed by atoms with Gasteiger partial charge in [0.05, 0.1) is 9.80 Å². The molecule has 3 aromatic rings. The van der Waals surface area contributed by atoms with Crippen molar-refractivity contribution in [3.8, 4) is 0 Å². The van der Waals surface area contributed by atoms with Gasteiger partial charge in [-0.15, -0.1) is 0 Å². The number of rotatable bonds is 5. The van der Waals surface area contributed by atoms with Crippen LogP contribution in [0.3, 0.4) is 0 Å². The van der Waals surface area contributed by atoms with Gasteiger partial charge in [-0.2, -0.15) is 0 Å². The number of hydrogen-bond acceptors (Lipinski definition) is 3. The van der Waals surface area contributed by atoms with Crippen LogP contribution in [0, 0.1) is 0 Å². The predicted octanol–water partition coefficient (Wildman–Crippen LogP) is 4.38. The second-order valence-corrected chi connectivity index (χ2v) is 7.34. The molecule has 0 aromatic heterocycles. The molecule has 0 bridgehead atoms. The smallest absolute Gasteiger partial charge is 0.207 e. The van der Waals surface area contributed by atoms with Gasteiger partial charge >= 0.3 is 0 Å². The van der Waals surface area contributed by atoms with Crippen molar-refractivity contribution < 1.29 is 13.2 Å². The van der Waals surface area contributed by atoms with Crippen LogP contribution in [0.5, 0.6) is 0 Å². The molecule has 3 nitrogen and oxygen atoms in total. The third kappa shape index (κ3) is 3.75. The quantitative estimate of drug-likeness (QED) is 0.508. The topological polar surface area (TPSA) is 51.2 Å². The molecule has 0 N–H and O–H groups in total.